The average Bonchev–Trinajstić information content (AvgIpc) is 2.53. The molecule has 1 saturated heterocycles. The van der Waals surface area contributed by atoms with E-state index < -0.39 is 6.09 Å². The molecule has 3 amide bonds. The van der Waals surface area contributed by atoms with E-state index in [1.165, 1.54) is 12.1 Å². The molecule has 0 spiro atoms. The summed E-state index contributed by atoms with van der Waals surface area (Å²) < 4.78 is 18.0. The van der Waals surface area contributed by atoms with Crippen LogP contribution in [0.3, 0.4) is 0 Å². The first kappa shape index (κ1) is 17.1. The Labute approximate surface area is 135 Å². The molecule has 0 aliphatic carbocycles. The predicted octanol–water partition coefficient (Wildman–Crippen LogP) is 2.25. The van der Waals surface area contributed by atoms with Crippen molar-refractivity contribution in [2.75, 3.05) is 19.7 Å². The number of likely N-dealkylation sites (tertiary alicyclic amines) is 1. The molecule has 1 fully saturated rings. The highest BCUT2D eigenvalue weighted by molar-refractivity contribution is 5.74. The smallest absolute Gasteiger partial charge is 0.407 e. The molecule has 23 heavy (non-hydrogen) atoms. The Hall–Kier alpha value is -2.31. The summed E-state index contributed by atoms with van der Waals surface area (Å²) in [5.41, 5.74) is 0.705. The number of hydrogen-bond acceptors (Lipinski definition) is 3. The fourth-order valence-electron chi connectivity index (χ4n) is 2.56. The van der Waals surface area contributed by atoms with Gasteiger partial charge < -0.3 is 20.3 Å². The molecule has 1 atom stereocenters. The molecule has 1 unspecified atom stereocenters. The Kier molecular flexibility index (Phi) is 6.19. The van der Waals surface area contributed by atoms with Gasteiger partial charge in [0.25, 0.3) is 0 Å². The van der Waals surface area contributed by atoms with Gasteiger partial charge in [-0.2, -0.15) is 0 Å². The Bertz CT molecular complexity index is 553. The van der Waals surface area contributed by atoms with Crippen LogP contribution in [0.5, 0.6) is 0 Å². The standard InChI is InChI=1S/C16H22FN3O3/c1-2-23-16(22)19-14-7-4-8-20(11-14)15(21)18-10-12-5-3-6-13(17)9-12/h3,5-6,9,14H,2,4,7-8,10-11H2,1H3,(H,18,21)(H,19,22). The quantitative estimate of drug-likeness (QED) is 0.893. The summed E-state index contributed by atoms with van der Waals surface area (Å²) in [6, 6.07) is 5.79. The number of nitrogens with one attached hydrogen (secondary N) is 2. The number of nitrogens with zero attached hydrogens (tertiary/aromatic N) is 1. The average molecular weight is 323 g/mol. The molecule has 0 radical (unpaired) electrons. The van der Waals surface area contributed by atoms with Gasteiger partial charge >= 0.3 is 12.1 Å². The number of halogens is 1. The number of rotatable bonds is 4. The van der Waals surface area contributed by atoms with Crippen molar-refractivity contribution in [3.8, 4) is 0 Å². The number of carbonyl (C=O) groups excluding carboxylic acids is 2. The zero-order valence-corrected chi connectivity index (χ0v) is 13.2. The third kappa shape index (κ3) is 5.43. The van der Waals surface area contributed by atoms with Crippen LogP contribution >= 0.6 is 0 Å². The Morgan fingerprint density at radius 1 is 1.43 bits per heavy atom. The maximum atomic E-state index is 13.1. The minimum atomic E-state index is -0.459. The molecule has 0 saturated carbocycles. The monoisotopic (exact) mass is 323 g/mol. The molecule has 126 valence electrons. The van der Waals surface area contributed by atoms with Crippen molar-refractivity contribution in [1.29, 1.82) is 0 Å². The molecule has 1 aromatic rings. The van der Waals surface area contributed by atoms with Gasteiger partial charge in [-0.1, -0.05) is 12.1 Å². The van der Waals surface area contributed by atoms with Crippen LogP contribution in [-0.2, 0) is 11.3 Å². The number of amides is 3. The highest BCUT2D eigenvalue weighted by Crippen LogP contribution is 2.11. The molecule has 1 heterocycles. The van der Waals surface area contributed by atoms with Crippen molar-refractivity contribution in [2.24, 2.45) is 0 Å². The molecule has 1 aliphatic rings. The van der Waals surface area contributed by atoms with Gasteiger partial charge in [0, 0.05) is 25.7 Å². The largest absolute Gasteiger partial charge is 0.450 e. The Morgan fingerprint density at radius 2 is 2.26 bits per heavy atom. The number of benzene rings is 1. The van der Waals surface area contributed by atoms with Crippen molar-refractivity contribution < 1.29 is 18.7 Å². The molecule has 2 rings (SSSR count). The van der Waals surface area contributed by atoms with Crippen LogP contribution in [0.15, 0.2) is 24.3 Å². The summed E-state index contributed by atoms with van der Waals surface area (Å²) in [6.07, 6.45) is 1.16. The van der Waals surface area contributed by atoms with Crippen molar-refractivity contribution in [3.05, 3.63) is 35.6 Å². The lowest BCUT2D eigenvalue weighted by Gasteiger charge is -2.32. The van der Waals surface area contributed by atoms with E-state index in [4.69, 9.17) is 4.74 Å². The van der Waals surface area contributed by atoms with E-state index >= 15 is 0 Å². The van der Waals surface area contributed by atoms with Crippen LogP contribution in [0.4, 0.5) is 14.0 Å². The molecule has 1 aliphatic heterocycles. The van der Waals surface area contributed by atoms with Gasteiger partial charge in [0.1, 0.15) is 5.82 Å². The highest BCUT2D eigenvalue weighted by atomic mass is 19.1. The number of piperidine rings is 1. The van der Waals surface area contributed by atoms with Gasteiger partial charge in [-0.25, -0.2) is 14.0 Å². The first-order valence-electron chi connectivity index (χ1n) is 7.79. The molecular weight excluding hydrogens is 301 g/mol. The summed E-state index contributed by atoms with van der Waals surface area (Å²) in [6.45, 7) is 3.40. The minimum absolute atomic E-state index is 0.109. The third-order valence-electron chi connectivity index (χ3n) is 3.64. The van der Waals surface area contributed by atoms with Crippen molar-refractivity contribution in [3.63, 3.8) is 0 Å². The van der Waals surface area contributed by atoms with Gasteiger partial charge in [0.15, 0.2) is 0 Å². The van der Waals surface area contributed by atoms with E-state index in [9.17, 15) is 14.0 Å². The summed E-state index contributed by atoms with van der Waals surface area (Å²) in [5, 5.41) is 5.52. The molecule has 2 N–H and O–H groups in total. The summed E-state index contributed by atoms with van der Waals surface area (Å²) in [5.74, 6) is -0.326. The number of ether oxygens (including phenoxy) is 1. The highest BCUT2D eigenvalue weighted by Gasteiger charge is 2.24. The number of alkyl carbamates (subject to hydrolysis) is 1. The first-order chi connectivity index (χ1) is 11.1. The van der Waals surface area contributed by atoms with Gasteiger partial charge in [0.05, 0.1) is 6.61 Å². The van der Waals surface area contributed by atoms with Crippen LogP contribution in [0.2, 0.25) is 0 Å². The molecule has 0 bridgehead atoms. The number of carbonyl (C=O) groups is 2. The lowest BCUT2D eigenvalue weighted by atomic mass is 10.1. The Balaban J connectivity index is 1.80. The van der Waals surface area contributed by atoms with Crippen LogP contribution in [-0.4, -0.2) is 42.8 Å². The number of hydrogen-bond donors (Lipinski definition) is 2. The number of urea groups is 1. The maximum Gasteiger partial charge on any atom is 0.407 e. The van der Waals surface area contributed by atoms with Crippen LogP contribution in [0.25, 0.3) is 0 Å². The van der Waals surface area contributed by atoms with Gasteiger partial charge in [0.2, 0.25) is 0 Å². The maximum absolute atomic E-state index is 13.1. The van der Waals surface area contributed by atoms with Crippen molar-refractivity contribution >= 4 is 12.1 Å². The third-order valence-corrected chi connectivity index (χ3v) is 3.64. The zero-order chi connectivity index (χ0) is 16.7. The normalized spacial score (nSPS) is 17.5. The second-order valence-corrected chi connectivity index (χ2v) is 5.44. The van der Waals surface area contributed by atoms with E-state index in [0.717, 1.165) is 12.8 Å². The summed E-state index contributed by atoms with van der Waals surface area (Å²) in [4.78, 5) is 25.3. The topological polar surface area (TPSA) is 70.7 Å². The van der Waals surface area contributed by atoms with E-state index in [-0.39, 0.29) is 24.4 Å². The molecule has 1 aromatic carbocycles. The fraction of sp³-hybridized carbons (Fsp3) is 0.500. The van der Waals surface area contributed by atoms with Gasteiger partial charge in [-0.05, 0) is 37.5 Å². The summed E-state index contributed by atoms with van der Waals surface area (Å²) >= 11 is 0. The molecule has 0 aromatic heterocycles. The lowest BCUT2D eigenvalue weighted by molar-refractivity contribution is 0.135. The van der Waals surface area contributed by atoms with Crippen molar-refractivity contribution in [2.45, 2.75) is 32.4 Å². The van der Waals surface area contributed by atoms with E-state index in [0.29, 0.717) is 25.3 Å². The zero-order valence-electron chi connectivity index (χ0n) is 13.2. The van der Waals surface area contributed by atoms with E-state index in [1.54, 1.807) is 24.0 Å². The Morgan fingerprint density at radius 3 is 3.00 bits per heavy atom. The van der Waals surface area contributed by atoms with Crippen LogP contribution in [0, 0.1) is 5.82 Å². The predicted molar refractivity (Wildman–Crippen MR) is 83.4 cm³/mol. The summed E-state index contributed by atoms with van der Waals surface area (Å²) in [7, 11) is 0. The fourth-order valence-corrected chi connectivity index (χ4v) is 2.56. The lowest BCUT2D eigenvalue weighted by Crippen LogP contribution is -2.52. The molecular formula is C16H22FN3O3. The first-order valence-corrected chi connectivity index (χ1v) is 7.79. The molecule has 7 heteroatoms. The minimum Gasteiger partial charge on any atom is -0.450 e. The van der Waals surface area contributed by atoms with E-state index in [2.05, 4.69) is 10.6 Å². The SMILES string of the molecule is CCOC(=O)NC1CCCN(C(=O)NCc2cccc(F)c2)C1. The molecule has 6 nitrogen and oxygen atoms in total. The van der Waals surface area contributed by atoms with Crippen LogP contribution < -0.4 is 10.6 Å². The van der Waals surface area contributed by atoms with Gasteiger partial charge in [-0.15, -0.1) is 0 Å². The second-order valence-electron chi connectivity index (χ2n) is 5.44. The second kappa shape index (κ2) is 8.36. The van der Waals surface area contributed by atoms with Crippen LogP contribution in [0.1, 0.15) is 25.3 Å². The van der Waals surface area contributed by atoms with E-state index in [1.807, 2.05) is 0 Å². The van der Waals surface area contributed by atoms with Crippen molar-refractivity contribution in [1.82, 2.24) is 15.5 Å². The van der Waals surface area contributed by atoms with Gasteiger partial charge in [-0.3, -0.25) is 0 Å².